The number of hydrogen-bond donors (Lipinski definition) is 0. The SMILES string of the molecule is Cc1ccc(-c2ccc(C#N)cc2F)cc1. The number of halogens is 1. The van der Waals surface area contributed by atoms with Crippen LogP contribution in [0.3, 0.4) is 0 Å². The summed E-state index contributed by atoms with van der Waals surface area (Å²) in [4.78, 5) is 0. The Morgan fingerprint density at radius 2 is 1.75 bits per heavy atom. The van der Waals surface area contributed by atoms with Crippen LogP contribution in [0.25, 0.3) is 11.1 Å². The second-order valence-electron chi connectivity index (χ2n) is 3.67. The summed E-state index contributed by atoms with van der Waals surface area (Å²) < 4.78 is 13.7. The van der Waals surface area contributed by atoms with Gasteiger partial charge in [-0.3, -0.25) is 0 Å². The molecule has 2 aromatic rings. The zero-order valence-corrected chi connectivity index (χ0v) is 8.87. The molecule has 0 heterocycles. The fourth-order valence-corrected chi connectivity index (χ4v) is 1.55. The van der Waals surface area contributed by atoms with Crippen LogP contribution >= 0.6 is 0 Å². The van der Waals surface area contributed by atoms with Crippen molar-refractivity contribution in [1.82, 2.24) is 0 Å². The van der Waals surface area contributed by atoms with Gasteiger partial charge in [0.05, 0.1) is 11.6 Å². The minimum atomic E-state index is -0.358. The summed E-state index contributed by atoms with van der Waals surface area (Å²) in [6.45, 7) is 1.99. The molecule has 0 saturated carbocycles. The fourth-order valence-electron chi connectivity index (χ4n) is 1.55. The van der Waals surface area contributed by atoms with Gasteiger partial charge in [0.25, 0.3) is 0 Å². The average molecular weight is 211 g/mol. The van der Waals surface area contributed by atoms with Gasteiger partial charge in [-0.1, -0.05) is 35.9 Å². The van der Waals surface area contributed by atoms with E-state index in [2.05, 4.69) is 0 Å². The highest BCUT2D eigenvalue weighted by atomic mass is 19.1. The number of nitrogens with zero attached hydrogens (tertiary/aromatic N) is 1. The molecule has 1 nitrogen and oxygen atoms in total. The fraction of sp³-hybridized carbons (Fsp3) is 0.0714. The van der Waals surface area contributed by atoms with Crippen molar-refractivity contribution in [2.75, 3.05) is 0 Å². The summed E-state index contributed by atoms with van der Waals surface area (Å²) in [5.41, 5.74) is 2.83. The van der Waals surface area contributed by atoms with E-state index >= 15 is 0 Å². The van der Waals surface area contributed by atoms with E-state index < -0.39 is 0 Å². The van der Waals surface area contributed by atoms with Gasteiger partial charge in [-0.2, -0.15) is 5.26 Å². The molecule has 0 aliphatic carbocycles. The minimum Gasteiger partial charge on any atom is -0.206 e. The molecule has 0 atom stereocenters. The first-order chi connectivity index (χ1) is 7.70. The zero-order chi connectivity index (χ0) is 11.5. The molecule has 2 aromatic carbocycles. The van der Waals surface area contributed by atoms with Crippen molar-refractivity contribution in [1.29, 1.82) is 5.26 Å². The van der Waals surface area contributed by atoms with Crippen LogP contribution in [0.2, 0.25) is 0 Å². The van der Waals surface area contributed by atoms with Crippen molar-refractivity contribution in [3.8, 4) is 17.2 Å². The quantitative estimate of drug-likeness (QED) is 0.706. The molecule has 0 aromatic heterocycles. The van der Waals surface area contributed by atoms with Gasteiger partial charge in [0.15, 0.2) is 0 Å². The van der Waals surface area contributed by atoms with Crippen LogP contribution in [0.4, 0.5) is 4.39 Å². The van der Waals surface area contributed by atoms with E-state index in [1.54, 1.807) is 12.1 Å². The molecule has 0 amide bonds. The van der Waals surface area contributed by atoms with E-state index in [0.717, 1.165) is 11.1 Å². The van der Waals surface area contributed by atoms with Gasteiger partial charge in [-0.25, -0.2) is 4.39 Å². The number of nitriles is 1. The van der Waals surface area contributed by atoms with E-state index in [0.29, 0.717) is 11.1 Å². The average Bonchev–Trinajstić information content (AvgIpc) is 2.30. The number of hydrogen-bond acceptors (Lipinski definition) is 1. The van der Waals surface area contributed by atoms with E-state index in [-0.39, 0.29) is 5.82 Å². The van der Waals surface area contributed by atoms with Gasteiger partial charge in [0.2, 0.25) is 0 Å². The van der Waals surface area contributed by atoms with Gasteiger partial charge < -0.3 is 0 Å². The number of rotatable bonds is 1. The maximum Gasteiger partial charge on any atom is 0.132 e. The van der Waals surface area contributed by atoms with Crippen LogP contribution in [0.15, 0.2) is 42.5 Å². The maximum atomic E-state index is 13.7. The Morgan fingerprint density at radius 3 is 2.31 bits per heavy atom. The number of aryl methyl sites for hydroxylation is 1. The predicted molar refractivity (Wildman–Crippen MR) is 61.3 cm³/mol. The first-order valence-corrected chi connectivity index (χ1v) is 4.97. The topological polar surface area (TPSA) is 23.8 Å². The van der Waals surface area contributed by atoms with E-state index in [1.807, 2.05) is 37.3 Å². The van der Waals surface area contributed by atoms with E-state index in [1.165, 1.54) is 6.07 Å². The van der Waals surface area contributed by atoms with Crippen molar-refractivity contribution in [2.24, 2.45) is 0 Å². The molecular weight excluding hydrogens is 201 g/mol. The Balaban J connectivity index is 2.49. The summed E-state index contributed by atoms with van der Waals surface area (Å²) in [7, 11) is 0. The molecule has 0 spiro atoms. The molecule has 2 rings (SSSR count). The predicted octanol–water partition coefficient (Wildman–Crippen LogP) is 3.67. The molecule has 0 saturated heterocycles. The van der Waals surface area contributed by atoms with Crippen molar-refractivity contribution < 1.29 is 4.39 Å². The molecule has 0 radical (unpaired) electrons. The lowest BCUT2D eigenvalue weighted by Gasteiger charge is -2.04. The molecule has 0 aliphatic heterocycles. The van der Waals surface area contributed by atoms with E-state index in [9.17, 15) is 4.39 Å². The summed E-state index contributed by atoms with van der Waals surface area (Å²) in [5.74, 6) is -0.358. The molecule has 0 unspecified atom stereocenters. The van der Waals surface area contributed by atoms with Crippen LogP contribution in [-0.4, -0.2) is 0 Å². The van der Waals surface area contributed by atoms with Crippen molar-refractivity contribution in [2.45, 2.75) is 6.92 Å². The van der Waals surface area contributed by atoms with Crippen molar-refractivity contribution in [3.05, 3.63) is 59.4 Å². The molecule has 0 N–H and O–H groups in total. The van der Waals surface area contributed by atoms with Gasteiger partial charge in [0.1, 0.15) is 5.82 Å². The Kier molecular flexibility index (Phi) is 2.70. The third kappa shape index (κ3) is 1.94. The van der Waals surface area contributed by atoms with Gasteiger partial charge >= 0.3 is 0 Å². The van der Waals surface area contributed by atoms with Gasteiger partial charge in [-0.05, 0) is 24.6 Å². The smallest absolute Gasteiger partial charge is 0.132 e. The summed E-state index contributed by atoms with van der Waals surface area (Å²) >= 11 is 0. The molecule has 16 heavy (non-hydrogen) atoms. The molecular formula is C14H10FN. The normalized spacial score (nSPS) is 9.81. The first-order valence-electron chi connectivity index (χ1n) is 4.97. The first kappa shape index (κ1) is 10.4. The second-order valence-corrected chi connectivity index (χ2v) is 3.67. The van der Waals surface area contributed by atoms with Crippen LogP contribution in [0.1, 0.15) is 11.1 Å². The summed E-state index contributed by atoms with van der Waals surface area (Å²) in [5, 5.41) is 8.64. The van der Waals surface area contributed by atoms with Gasteiger partial charge in [0, 0.05) is 5.56 Å². The minimum absolute atomic E-state index is 0.341. The van der Waals surface area contributed by atoms with Crippen LogP contribution in [0.5, 0.6) is 0 Å². The standard InChI is InChI=1S/C14H10FN/c1-10-2-5-12(6-3-10)13-7-4-11(9-16)8-14(13)15/h2-8H,1H3. The van der Waals surface area contributed by atoms with Crippen LogP contribution < -0.4 is 0 Å². The number of benzene rings is 2. The lowest BCUT2D eigenvalue weighted by Crippen LogP contribution is -1.86. The summed E-state index contributed by atoms with van der Waals surface area (Å²) in [6.07, 6.45) is 0. The highest BCUT2D eigenvalue weighted by molar-refractivity contribution is 5.65. The largest absolute Gasteiger partial charge is 0.206 e. The van der Waals surface area contributed by atoms with Crippen molar-refractivity contribution >= 4 is 0 Å². The second kappa shape index (κ2) is 4.16. The molecule has 78 valence electrons. The maximum absolute atomic E-state index is 13.7. The monoisotopic (exact) mass is 211 g/mol. The van der Waals surface area contributed by atoms with Crippen LogP contribution in [-0.2, 0) is 0 Å². The highest BCUT2D eigenvalue weighted by Gasteiger charge is 2.05. The molecule has 0 aliphatic rings. The third-order valence-corrected chi connectivity index (χ3v) is 2.46. The molecule has 0 bridgehead atoms. The Hall–Kier alpha value is -2.14. The Labute approximate surface area is 93.8 Å². The highest BCUT2D eigenvalue weighted by Crippen LogP contribution is 2.23. The lowest BCUT2D eigenvalue weighted by atomic mass is 10.0. The lowest BCUT2D eigenvalue weighted by molar-refractivity contribution is 0.631. The van der Waals surface area contributed by atoms with Crippen LogP contribution in [0, 0.1) is 24.1 Å². The van der Waals surface area contributed by atoms with Gasteiger partial charge in [-0.15, -0.1) is 0 Å². The Bertz CT molecular complexity index is 550. The zero-order valence-electron chi connectivity index (χ0n) is 8.87. The van der Waals surface area contributed by atoms with E-state index in [4.69, 9.17) is 5.26 Å². The Morgan fingerprint density at radius 1 is 1.06 bits per heavy atom. The summed E-state index contributed by atoms with van der Waals surface area (Å²) in [6, 6.07) is 14.1. The van der Waals surface area contributed by atoms with Crippen molar-refractivity contribution in [3.63, 3.8) is 0 Å². The molecule has 2 heteroatoms. The molecule has 0 fully saturated rings. The third-order valence-electron chi connectivity index (χ3n) is 2.46.